The van der Waals surface area contributed by atoms with Gasteiger partial charge in [0.15, 0.2) is 5.82 Å². The maximum atomic E-state index is 5.67. The Balaban J connectivity index is 2.02. The van der Waals surface area contributed by atoms with E-state index in [1.807, 2.05) is 26.1 Å². The number of rotatable bonds is 5. The van der Waals surface area contributed by atoms with Gasteiger partial charge in [-0.25, -0.2) is 9.97 Å². The van der Waals surface area contributed by atoms with Gasteiger partial charge in [0.25, 0.3) is 0 Å². The fourth-order valence-corrected chi connectivity index (χ4v) is 1.85. The summed E-state index contributed by atoms with van der Waals surface area (Å²) in [6.07, 6.45) is 2.40. The van der Waals surface area contributed by atoms with E-state index in [0.717, 1.165) is 17.1 Å². The number of anilines is 1. The van der Waals surface area contributed by atoms with E-state index in [4.69, 9.17) is 18.0 Å². The molecule has 19 heavy (non-hydrogen) atoms. The highest BCUT2D eigenvalue weighted by Crippen LogP contribution is 2.13. The Labute approximate surface area is 117 Å². The number of nitrogens with two attached hydrogens (primary N) is 1. The lowest BCUT2D eigenvalue weighted by Gasteiger charge is -2.10. The zero-order chi connectivity index (χ0) is 13.8. The third-order valence-corrected chi connectivity index (χ3v) is 2.81. The third kappa shape index (κ3) is 3.47. The monoisotopic (exact) mass is 276 g/mol. The van der Waals surface area contributed by atoms with Crippen LogP contribution in [0.5, 0.6) is 0 Å². The van der Waals surface area contributed by atoms with Gasteiger partial charge in [0.05, 0.1) is 5.56 Å². The second-order valence-corrected chi connectivity index (χ2v) is 4.66. The molecule has 0 fully saturated rings. The SMILES string of the molecule is Cc1ccc(C(N)=S)c(NCCc2ncn(C)n2)n1. The van der Waals surface area contributed by atoms with E-state index in [1.165, 1.54) is 0 Å². The van der Waals surface area contributed by atoms with Gasteiger partial charge >= 0.3 is 0 Å². The molecule has 0 bridgehead atoms. The summed E-state index contributed by atoms with van der Waals surface area (Å²) in [7, 11) is 1.84. The number of aryl methyl sites for hydroxylation is 2. The van der Waals surface area contributed by atoms with Crippen molar-refractivity contribution in [2.75, 3.05) is 11.9 Å². The summed E-state index contributed by atoms with van der Waals surface area (Å²) >= 11 is 5.01. The molecule has 0 spiro atoms. The Hall–Kier alpha value is -2.02. The standard InChI is InChI=1S/C12H16N6S/c1-8-3-4-9(11(13)19)12(16-8)14-6-5-10-15-7-18(2)17-10/h3-4,7H,5-6H2,1-2H3,(H2,13,19)(H,14,16). The van der Waals surface area contributed by atoms with E-state index in [0.29, 0.717) is 23.8 Å². The first-order chi connectivity index (χ1) is 9.06. The molecule has 0 atom stereocenters. The van der Waals surface area contributed by atoms with E-state index < -0.39 is 0 Å². The van der Waals surface area contributed by atoms with E-state index >= 15 is 0 Å². The van der Waals surface area contributed by atoms with Gasteiger partial charge in [0.1, 0.15) is 17.1 Å². The number of hydrogen-bond acceptors (Lipinski definition) is 5. The minimum Gasteiger partial charge on any atom is -0.389 e. The molecule has 2 aromatic heterocycles. The first kappa shape index (κ1) is 13.4. The van der Waals surface area contributed by atoms with Crippen molar-refractivity contribution in [2.45, 2.75) is 13.3 Å². The van der Waals surface area contributed by atoms with Crippen LogP contribution in [-0.2, 0) is 13.5 Å². The van der Waals surface area contributed by atoms with Crippen molar-refractivity contribution >= 4 is 23.0 Å². The molecule has 0 unspecified atom stereocenters. The van der Waals surface area contributed by atoms with Gasteiger partial charge < -0.3 is 11.1 Å². The van der Waals surface area contributed by atoms with Crippen molar-refractivity contribution in [2.24, 2.45) is 12.8 Å². The predicted octanol–water partition coefficient (Wildman–Crippen LogP) is 0.807. The van der Waals surface area contributed by atoms with Gasteiger partial charge in [-0.3, -0.25) is 4.68 Å². The minimum atomic E-state index is 0.339. The smallest absolute Gasteiger partial charge is 0.152 e. The molecule has 0 amide bonds. The highest BCUT2D eigenvalue weighted by atomic mass is 32.1. The average Bonchev–Trinajstić information content (AvgIpc) is 2.75. The fourth-order valence-electron chi connectivity index (χ4n) is 1.68. The van der Waals surface area contributed by atoms with Crippen molar-refractivity contribution in [1.82, 2.24) is 19.7 Å². The predicted molar refractivity (Wildman–Crippen MR) is 78.1 cm³/mol. The second-order valence-electron chi connectivity index (χ2n) is 4.22. The zero-order valence-electron chi connectivity index (χ0n) is 10.9. The van der Waals surface area contributed by atoms with Crippen LogP contribution in [0.2, 0.25) is 0 Å². The molecule has 100 valence electrons. The van der Waals surface area contributed by atoms with Crippen molar-refractivity contribution in [3.05, 3.63) is 35.5 Å². The topological polar surface area (TPSA) is 81.6 Å². The van der Waals surface area contributed by atoms with Gasteiger partial charge in [-0.2, -0.15) is 5.10 Å². The molecular formula is C12H16N6S. The first-order valence-electron chi connectivity index (χ1n) is 5.92. The summed E-state index contributed by atoms with van der Waals surface area (Å²) in [5.41, 5.74) is 7.35. The van der Waals surface area contributed by atoms with Gasteiger partial charge in [0, 0.05) is 25.7 Å². The number of nitrogens with zero attached hydrogens (tertiary/aromatic N) is 4. The van der Waals surface area contributed by atoms with Crippen molar-refractivity contribution in [3.8, 4) is 0 Å². The van der Waals surface area contributed by atoms with E-state index in [-0.39, 0.29) is 0 Å². The Bertz CT molecular complexity index is 592. The Morgan fingerprint density at radius 1 is 1.47 bits per heavy atom. The summed E-state index contributed by atoms with van der Waals surface area (Å²) < 4.78 is 1.68. The third-order valence-electron chi connectivity index (χ3n) is 2.59. The molecule has 7 heteroatoms. The molecule has 6 nitrogen and oxygen atoms in total. The molecule has 3 N–H and O–H groups in total. The maximum Gasteiger partial charge on any atom is 0.152 e. The van der Waals surface area contributed by atoms with Crippen LogP contribution in [-0.4, -0.2) is 31.3 Å². The van der Waals surface area contributed by atoms with Crippen LogP contribution in [0.4, 0.5) is 5.82 Å². The van der Waals surface area contributed by atoms with E-state index in [1.54, 1.807) is 11.0 Å². The normalized spacial score (nSPS) is 10.4. The molecule has 0 aromatic carbocycles. The number of nitrogens with one attached hydrogen (secondary N) is 1. The van der Waals surface area contributed by atoms with Crippen molar-refractivity contribution < 1.29 is 0 Å². The Kier molecular flexibility index (Phi) is 4.06. The summed E-state index contributed by atoms with van der Waals surface area (Å²) in [4.78, 5) is 8.91. The van der Waals surface area contributed by atoms with Gasteiger partial charge in [0.2, 0.25) is 0 Å². The quantitative estimate of drug-likeness (QED) is 0.786. The van der Waals surface area contributed by atoms with Gasteiger partial charge in [-0.1, -0.05) is 12.2 Å². The molecule has 0 saturated heterocycles. The highest BCUT2D eigenvalue weighted by Gasteiger charge is 2.07. The van der Waals surface area contributed by atoms with Crippen LogP contribution in [0.25, 0.3) is 0 Å². The molecule has 0 aliphatic heterocycles. The fraction of sp³-hybridized carbons (Fsp3) is 0.333. The number of aromatic nitrogens is 4. The van der Waals surface area contributed by atoms with E-state index in [2.05, 4.69) is 20.4 Å². The lowest BCUT2D eigenvalue weighted by molar-refractivity contribution is 0.741. The summed E-state index contributed by atoms with van der Waals surface area (Å²) in [6, 6.07) is 3.77. The summed E-state index contributed by atoms with van der Waals surface area (Å²) in [5, 5.41) is 7.44. The molecule has 0 aliphatic rings. The Morgan fingerprint density at radius 3 is 2.89 bits per heavy atom. The minimum absolute atomic E-state index is 0.339. The van der Waals surface area contributed by atoms with E-state index in [9.17, 15) is 0 Å². The first-order valence-corrected chi connectivity index (χ1v) is 6.33. The lowest BCUT2D eigenvalue weighted by atomic mass is 10.2. The summed E-state index contributed by atoms with van der Waals surface area (Å²) in [5.74, 6) is 1.50. The van der Waals surface area contributed by atoms with Crippen molar-refractivity contribution in [1.29, 1.82) is 0 Å². The lowest BCUT2D eigenvalue weighted by Crippen LogP contribution is -2.16. The number of pyridine rings is 1. The average molecular weight is 276 g/mol. The number of thiocarbonyl (C=S) groups is 1. The van der Waals surface area contributed by atoms with Crippen LogP contribution in [0, 0.1) is 6.92 Å². The molecule has 2 aromatic rings. The molecule has 0 saturated carbocycles. The van der Waals surface area contributed by atoms with Crippen LogP contribution >= 0.6 is 12.2 Å². The molecule has 0 aliphatic carbocycles. The zero-order valence-corrected chi connectivity index (χ0v) is 11.7. The molecular weight excluding hydrogens is 260 g/mol. The van der Waals surface area contributed by atoms with Gasteiger partial charge in [-0.15, -0.1) is 0 Å². The van der Waals surface area contributed by atoms with Crippen LogP contribution in [0.15, 0.2) is 18.5 Å². The number of hydrogen-bond donors (Lipinski definition) is 2. The van der Waals surface area contributed by atoms with Gasteiger partial charge in [-0.05, 0) is 19.1 Å². The largest absolute Gasteiger partial charge is 0.389 e. The molecule has 2 heterocycles. The van der Waals surface area contributed by atoms with Crippen LogP contribution in [0.1, 0.15) is 17.1 Å². The molecule has 0 radical (unpaired) electrons. The maximum absolute atomic E-state index is 5.67. The summed E-state index contributed by atoms with van der Waals surface area (Å²) in [6.45, 7) is 2.60. The highest BCUT2D eigenvalue weighted by molar-refractivity contribution is 7.80. The Morgan fingerprint density at radius 2 is 2.26 bits per heavy atom. The molecule has 2 rings (SSSR count). The van der Waals surface area contributed by atoms with Crippen LogP contribution in [0.3, 0.4) is 0 Å². The van der Waals surface area contributed by atoms with Crippen molar-refractivity contribution in [3.63, 3.8) is 0 Å². The van der Waals surface area contributed by atoms with Crippen LogP contribution < -0.4 is 11.1 Å². The second kappa shape index (κ2) is 5.75.